The average Bonchev–Trinajstić information content (AvgIpc) is 2.25. The predicted octanol–water partition coefficient (Wildman–Crippen LogP) is 3.87. The molecule has 0 aliphatic heterocycles. The number of carbonyl (C=O) groups is 1. The summed E-state index contributed by atoms with van der Waals surface area (Å²) in [4.78, 5) is 11.1. The van der Waals surface area contributed by atoms with Gasteiger partial charge in [0, 0.05) is 6.42 Å². The molecule has 0 aromatic heterocycles. The standard InChI is InChI=1S/C10H9Cl3N2OS/c1-2-9(16)15-10(17)14-8-4-6(12)5(11)3-7(8)13/h3-4H,2H2,1H3,(H2,14,15,16,17). The zero-order chi connectivity index (χ0) is 13.0. The number of carbonyl (C=O) groups excluding carboxylic acids is 1. The van der Waals surface area contributed by atoms with Crippen molar-refractivity contribution in [3.63, 3.8) is 0 Å². The second kappa shape index (κ2) is 6.40. The van der Waals surface area contributed by atoms with Gasteiger partial charge in [0.2, 0.25) is 5.91 Å². The Morgan fingerprint density at radius 2 is 1.82 bits per heavy atom. The van der Waals surface area contributed by atoms with Crippen molar-refractivity contribution < 1.29 is 4.79 Å². The normalized spacial score (nSPS) is 9.88. The first-order valence-corrected chi connectivity index (χ1v) is 6.23. The molecule has 7 heteroatoms. The van der Waals surface area contributed by atoms with E-state index >= 15 is 0 Å². The van der Waals surface area contributed by atoms with Crippen LogP contribution in [0.5, 0.6) is 0 Å². The third kappa shape index (κ3) is 4.32. The predicted molar refractivity (Wildman–Crippen MR) is 76.1 cm³/mol. The van der Waals surface area contributed by atoms with Crippen LogP contribution in [0.15, 0.2) is 12.1 Å². The van der Waals surface area contributed by atoms with Crippen molar-refractivity contribution in [2.45, 2.75) is 13.3 Å². The number of hydrogen-bond donors (Lipinski definition) is 2. The number of nitrogens with one attached hydrogen (secondary N) is 2. The first-order chi connectivity index (χ1) is 7.93. The van der Waals surface area contributed by atoms with E-state index in [1.54, 1.807) is 6.92 Å². The molecule has 1 aromatic rings. The van der Waals surface area contributed by atoms with Crippen molar-refractivity contribution in [3.05, 3.63) is 27.2 Å². The molecule has 0 aliphatic carbocycles. The number of benzene rings is 1. The van der Waals surface area contributed by atoms with E-state index in [4.69, 9.17) is 47.0 Å². The van der Waals surface area contributed by atoms with Crippen LogP contribution in [0.4, 0.5) is 5.69 Å². The maximum absolute atomic E-state index is 11.1. The number of rotatable bonds is 2. The summed E-state index contributed by atoms with van der Waals surface area (Å²) in [6.45, 7) is 1.73. The quantitative estimate of drug-likeness (QED) is 0.643. The first kappa shape index (κ1) is 14.5. The van der Waals surface area contributed by atoms with Crippen LogP contribution in [-0.4, -0.2) is 11.0 Å². The van der Waals surface area contributed by atoms with Crippen molar-refractivity contribution in [1.82, 2.24) is 5.32 Å². The minimum atomic E-state index is -0.182. The minimum absolute atomic E-state index is 0.164. The van der Waals surface area contributed by atoms with Gasteiger partial charge in [-0.1, -0.05) is 41.7 Å². The molecule has 1 rings (SSSR count). The summed E-state index contributed by atoms with van der Waals surface area (Å²) in [6, 6.07) is 3.04. The number of amides is 1. The average molecular weight is 312 g/mol. The lowest BCUT2D eigenvalue weighted by Gasteiger charge is -2.11. The molecular weight excluding hydrogens is 303 g/mol. The Labute approximate surface area is 119 Å². The van der Waals surface area contributed by atoms with Crippen molar-refractivity contribution in [2.75, 3.05) is 5.32 Å². The third-order valence-corrected chi connectivity index (χ3v) is 3.07. The van der Waals surface area contributed by atoms with Gasteiger partial charge in [-0.05, 0) is 24.4 Å². The molecule has 0 heterocycles. The molecule has 0 aliphatic rings. The van der Waals surface area contributed by atoms with Crippen LogP contribution in [0.3, 0.4) is 0 Å². The molecule has 3 nitrogen and oxygen atoms in total. The van der Waals surface area contributed by atoms with Crippen LogP contribution in [-0.2, 0) is 4.79 Å². The summed E-state index contributed by atoms with van der Waals surface area (Å²) in [5.41, 5.74) is 0.488. The van der Waals surface area contributed by atoms with Gasteiger partial charge in [0.15, 0.2) is 5.11 Å². The largest absolute Gasteiger partial charge is 0.331 e. The highest BCUT2D eigenvalue weighted by Gasteiger charge is 2.08. The highest BCUT2D eigenvalue weighted by molar-refractivity contribution is 7.80. The summed E-state index contributed by atoms with van der Waals surface area (Å²) in [7, 11) is 0. The van der Waals surface area contributed by atoms with Crippen molar-refractivity contribution in [1.29, 1.82) is 0 Å². The topological polar surface area (TPSA) is 41.1 Å². The highest BCUT2D eigenvalue weighted by atomic mass is 35.5. The molecule has 0 unspecified atom stereocenters. The molecule has 0 saturated carbocycles. The lowest BCUT2D eigenvalue weighted by Crippen LogP contribution is -2.33. The molecule has 1 amide bonds. The second-order valence-electron chi connectivity index (χ2n) is 3.10. The van der Waals surface area contributed by atoms with Gasteiger partial charge in [-0.2, -0.15) is 0 Å². The van der Waals surface area contributed by atoms with Gasteiger partial charge < -0.3 is 10.6 Å². The Bertz CT molecular complexity index is 465. The van der Waals surface area contributed by atoms with Gasteiger partial charge in [0.25, 0.3) is 0 Å². The van der Waals surface area contributed by atoms with E-state index in [9.17, 15) is 4.79 Å². The van der Waals surface area contributed by atoms with E-state index in [1.807, 2.05) is 0 Å². The number of halogens is 3. The summed E-state index contributed by atoms with van der Waals surface area (Å²) in [5, 5.41) is 6.49. The van der Waals surface area contributed by atoms with Crippen LogP contribution in [0.1, 0.15) is 13.3 Å². The zero-order valence-corrected chi connectivity index (χ0v) is 11.9. The maximum atomic E-state index is 11.1. The summed E-state index contributed by atoms with van der Waals surface area (Å²) in [6.07, 6.45) is 0.344. The Morgan fingerprint density at radius 3 is 2.41 bits per heavy atom. The van der Waals surface area contributed by atoms with Crippen LogP contribution in [0.2, 0.25) is 15.1 Å². The van der Waals surface area contributed by atoms with E-state index in [0.717, 1.165) is 0 Å². The van der Waals surface area contributed by atoms with Gasteiger partial charge in [-0.3, -0.25) is 4.79 Å². The monoisotopic (exact) mass is 310 g/mol. The molecule has 0 radical (unpaired) electrons. The molecule has 0 saturated heterocycles. The molecule has 0 fully saturated rings. The Balaban J connectivity index is 2.78. The molecule has 2 N–H and O–H groups in total. The highest BCUT2D eigenvalue weighted by Crippen LogP contribution is 2.32. The zero-order valence-electron chi connectivity index (χ0n) is 8.81. The molecule has 0 atom stereocenters. The Morgan fingerprint density at radius 1 is 1.24 bits per heavy atom. The summed E-state index contributed by atoms with van der Waals surface area (Å²) >= 11 is 22.5. The smallest absolute Gasteiger partial charge is 0.225 e. The minimum Gasteiger partial charge on any atom is -0.331 e. The fourth-order valence-electron chi connectivity index (χ4n) is 0.987. The van der Waals surface area contributed by atoms with E-state index in [0.29, 0.717) is 27.2 Å². The molecular formula is C10H9Cl3N2OS. The molecule has 92 valence electrons. The lowest BCUT2D eigenvalue weighted by molar-refractivity contribution is -0.119. The Kier molecular flexibility index (Phi) is 5.46. The van der Waals surface area contributed by atoms with E-state index in [1.165, 1.54) is 12.1 Å². The van der Waals surface area contributed by atoms with Crippen LogP contribution >= 0.6 is 47.0 Å². The Hall–Kier alpha value is -0.550. The van der Waals surface area contributed by atoms with Crippen molar-refractivity contribution >= 4 is 63.7 Å². The van der Waals surface area contributed by atoms with Crippen molar-refractivity contribution in [2.24, 2.45) is 0 Å². The molecule has 0 bridgehead atoms. The SMILES string of the molecule is CCC(=O)NC(=S)Nc1cc(Cl)c(Cl)cc1Cl. The van der Waals surface area contributed by atoms with E-state index in [-0.39, 0.29) is 11.0 Å². The summed E-state index contributed by atoms with van der Waals surface area (Å²) < 4.78 is 0. The summed E-state index contributed by atoms with van der Waals surface area (Å²) in [5.74, 6) is -0.182. The van der Waals surface area contributed by atoms with Crippen molar-refractivity contribution in [3.8, 4) is 0 Å². The van der Waals surface area contributed by atoms with E-state index in [2.05, 4.69) is 10.6 Å². The number of thiocarbonyl (C=S) groups is 1. The molecule has 17 heavy (non-hydrogen) atoms. The van der Waals surface area contributed by atoms with Gasteiger partial charge in [0.05, 0.1) is 20.8 Å². The van der Waals surface area contributed by atoms with Crippen LogP contribution < -0.4 is 10.6 Å². The van der Waals surface area contributed by atoms with Gasteiger partial charge in [-0.25, -0.2) is 0 Å². The van der Waals surface area contributed by atoms with Crippen LogP contribution in [0, 0.1) is 0 Å². The first-order valence-electron chi connectivity index (χ1n) is 4.69. The van der Waals surface area contributed by atoms with Gasteiger partial charge >= 0.3 is 0 Å². The van der Waals surface area contributed by atoms with Crippen LogP contribution in [0.25, 0.3) is 0 Å². The maximum Gasteiger partial charge on any atom is 0.225 e. The number of hydrogen-bond acceptors (Lipinski definition) is 2. The molecule has 0 spiro atoms. The van der Waals surface area contributed by atoms with Gasteiger partial charge in [0.1, 0.15) is 0 Å². The fourth-order valence-corrected chi connectivity index (χ4v) is 1.80. The fraction of sp³-hybridized carbons (Fsp3) is 0.200. The van der Waals surface area contributed by atoms with E-state index < -0.39 is 0 Å². The molecule has 1 aromatic carbocycles. The third-order valence-electron chi connectivity index (χ3n) is 1.83. The van der Waals surface area contributed by atoms with Gasteiger partial charge in [-0.15, -0.1) is 0 Å². The number of anilines is 1. The lowest BCUT2D eigenvalue weighted by atomic mass is 10.3. The second-order valence-corrected chi connectivity index (χ2v) is 4.73.